The van der Waals surface area contributed by atoms with Gasteiger partial charge in [-0.05, 0) is 24.3 Å². The van der Waals surface area contributed by atoms with E-state index in [4.69, 9.17) is 4.74 Å². The number of ether oxygens (including phenoxy) is 1. The molecule has 0 saturated heterocycles. The highest BCUT2D eigenvalue weighted by atomic mass is 16.5. The average Bonchev–Trinajstić information content (AvgIpc) is 3.15. The minimum Gasteiger partial charge on any atom is -0.497 e. The standard InChI is InChI=1S/C18H19N5O4/c1-23-17(25)12(8-20-18(23)26)7-15(24)19-9-13-10-21-22-16(13)11-3-5-14(27-2)6-4-11/h3-6,8,10H,7,9H2,1-2H3,(H,19,24)(H,20,26)(H,21,22). The van der Waals surface area contributed by atoms with Gasteiger partial charge in [0.05, 0.1) is 25.4 Å². The Morgan fingerprint density at radius 3 is 2.67 bits per heavy atom. The average molecular weight is 369 g/mol. The second kappa shape index (κ2) is 7.73. The van der Waals surface area contributed by atoms with E-state index in [-0.39, 0.29) is 24.4 Å². The number of aromatic amines is 2. The maximum absolute atomic E-state index is 12.2. The van der Waals surface area contributed by atoms with Crippen LogP contribution < -0.4 is 21.3 Å². The van der Waals surface area contributed by atoms with Crippen LogP contribution in [0.15, 0.2) is 46.2 Å². The van der Waals surface area contributed by atoms with E-state index in [1.807, 2.05) is 24.3 Å². The Kier molecular flexibility index (Phi) is 5.20. The van der Waals surface area contributed by atoms with Crippen molar-refractivity contribution in [3.63, 3.8) is 0 Å². The molecule has 0 bridgehead atoms. The van der Waals surface area contributed by atoms with Crippen molar-refractivity contribution >= 4 is 5.91 Å². The van der Waals surface area contributed by atoms with E-state index >= 15 is 0 Å². The molecule has 140 valence electrons. The molecule has 0 spiro atoms. The van der Waals surface area contributed by atoms with Gasteiger partial charge in [0.15, 0.2) is 0 Å². The minimum absolute atomic E-state index is 0.126. The van der Waals surface area contributed by atoms with Crippen molar-refractivity contribution < 1.29 is 9.53 Å². The lowest BCUT2D eigenvalue weighted by atomic mass is 10.1. The second-order valence-corrected chi connectivity index (χ2v) is 5.94. The van der Waals surface area contributed by atoms with Crippen molar-refractivity contribution in [2.75, 3.05) is 7.11 Å². The molecule has 1 aromatic carbocycles. The number of hydrogen-bond acceptors (Lipinski definition) is 5. The van der Waals surface area contributed by atoms with E-state index in [1.165, 1.54) is 13.2 Å². The number of methoxy groups -OCH3 is 1. The van der Waals surface area contributed by atoms with Crippen LogP contribution in [0.3, 0.4) is 0 Å². The molecule has 0 saturated carbocycles. The van der Waals surface area contributed by atoms with Gasteiger partial charge in [-0.1, -0.05) is 0 Å². The monoisotopic (exact) mass is 369 g/mol. The zero-order valence-electron chi connectivity index (χ0n) is 14.9. The summed E-state index contributed by atoms with van der Waals surface area (Å²) in [5.41, 5.74) is 1.72. The molecule has 1 amide bonds. The van der Waals surface area contributed by atoms with Gasteiger partial charge >= 0.3 is 5.69 Å². The molecule has 3 rings (SSSR count). The number of carbonyl (C=O) groups excluding carboxylic acids is 1. The summed E-state index contributed by atoms with van der Waals surface area (Å²) in [5, 5.41) is 9.72. The fourth-order valence-electron chi connectivity index (χ4n) is 2.62. The maximum atomic E-state index is 12.2. The van der Waals surface area contributed by atoms with Gasteiger partial charge in [-0.2, -0.15) is 5.10 Å². The zero-order valence-corrected chi connectivity index (χ0v) is 14.9. The van der Waals surface area contributed by atoms with Crippen molar-refractivity contribution in [2.24, 2.45) is 7.05 Å². The number of aromatic nitrogens is 4. The van der Waals surface area contributed by atoms with Crippen LogP contribution in [0.1, 0.15) is 11.1 Å². The third kappa shape index (κ3) is 3.97. The molecule has 0 fully saturated rings. The summed E-state index contributed by atoms with van der Waals surface area (Å²) in [6, 6.07) is 7.46. The number of nitrogens with one attached hydrogen (secondary N) is 3. The van der Waals surface area contributed by atoms with Crippen molar-refractivity contribution in [1.29, 1.82) is 0 Å². The van der Waals surface area contributed by atoms with Crippen molar-refractivity contribution in [3.05, 3.63) is 68.6 Å². The van der Waals surface area contributed by atoms with Crippen LogP contribution in [0.4, 0.5) is 0 Å². The number of nitrogens with zero attached hydrogens (tertiary/aromatic N) is 2. The number of rotatable bonds is 6. The van der Waals surface area contributed by atoms with Crippen LogP contribution in [0, 0.1) is 0 Å². The molecule has 2 heterocycles. The quantitative estimate of drug-likeness (QED) is 0.578. The molecule has 0 unspecified atom stereocenters. The Morgan fingerprint density at radius 2 is 1.96 bits per heavy atom. The summed E-state index contributed by atoms with van der Waals surface area (Å²) in [6.07, 6.45) is 2.78. The van der Waals surface area contributed by atoms with Crippen LogP contribution in [0.2, 0.25) is 0 Å². The van der Waals surface area contributed by atoms with Gasteiger partial charge in [-0.15, -0.1) is 0 Å². The number of amides is 1. The molecular formula is C18H19N5O4. The van der Waals surface area contributed by atoms with E-state index in [9.17, 15) is 14.4 Å². The smallest absolute Gasteiger partial charge is 0.328 e. The highest BCUT2D eigenvalue weighted by molar-refractivity contribution is 5.78. The Labute approximate surface area is 154 Å². The lowest BCUT2D eigenvalue weighted by Crippen LogP contribution is -2.36. The number of hydrogen-bond donors (Lipinski definition) is 3. The Balaban J connectivity index is 1.68. The predicted molar refractivity (Wildman–Crippen MR) is 98.4 cm³/mol. The van der Waals surface area contributed by atoms with Crippen LogP contribution in [0.5, 0.6) is 5.75 Å². The largest absolute Gasteiger partial charge is 0.497 e. The maximum Gasteiger partial charge on any atom is 0.328 e. The van der Waals surface area contributed by atoms with E-state index in [0.717, 1.165) is 27.1 Å². The number of benzene rings is 1. The van der Waals surface area contributed by atoms with Crippen LogP contribution in [-0.4, -0.2) is 32.8 Å². The van der Waals surface area contributed by atoms with Crippen LogP contribution in [-0.2, 0) is 24.8 Å². The molecule has 3 aromatic rings. The molecular weight excluding hydrogens is 350 g/mol. The summed E-state index contributed by atoms with van der Waals surface area (Å²) in [6.45, 7) is 0.250. The molecule has 0 aliphatic heterocycles. The molecule has 0 radical (unpaired) electrons. The van der Waals surface area contributed by atoms with Gasteiger partial charge in [0.1, 0.15) is 5.75 Å². The summed E-state index contributed by atoms with van der Waals surface area (Å²) in [4.78, 5) is 38.0. The Morgan fingerprint density at radius 1 is 1.22 bits per heavy atom. The summed E-state index contributed by atoms with van der Waals surface area (Å²) in [5.74, 6) is 0.414. The van der Waals surface area contributed by atoms with Crippen molar-refractivity contribution in [3.8, 4) is 17.0 Å². The van der Waals surface area contributed by atoms with E-state index in [0.29, 0.717) is 0 Å². The molecule has 9 nitrogen and oxygen atoms in total. The first kappa shape index (κ1) is 18.2. The zero-order chi connectivity index (χ0) is 19.4. The number of carbonyl (C=O) groups is 1. The first-order chi connectivity index (χ1) is 13.0. The number of H-pyrrole nitrogens is 2. The molecule has 3 N–H and O–H groups in total. The fraction of sp³-hybridized carbons (Fsp3) is 0.222. The van der Waals surface area contributed by atoms with E-state index < -0.39 is 11.2 Å². The third-order valence-electron chi connectivity index (χ3n) is 4.18. The SMILES string of the molecule is COc1ccc(-c2[nH]ncc2CNC(=O)Cc2c[nH]c(=O)n(C)c2=O)cc1. The highest BCUT2D eigenvalue weighted by Crippen LogP contribution is 2.23. The second-order valence-electron chi connectivity index (χ2n) is 5.94. The highest BCUT2D eigenvalue weighted by Gasteiger charge is 2.12. The lowest BCUT2D eigenvalue weighted by Gasteiger charge is -2.07. The van der Waals surface area contributed by atoms with Gasteiger partial charge in [0.2, 0.25) is 5.91 Å². The van der Waals surface area contributed by atoms with Crippen molar-refractivity contribution in [1.82, 2.24) is 25.1 Å². The molecule has 0 aliphatic carbocycles. The molecule has 27 heavy (non-hydrogen) atoms. The Hall–Kier alpha value is -3.62. The lowest BCUT2D eigenvalue weighted by molar-refractivity contribution is -0.120. The van der Waals surface area contributed by atoms with Gasteiger partial charge in [0.25, 0.3) is 5.56 Å². The van der Waals surface area contributed by atoms with Gasteiger partial charge in [-0.3, -0.25) is 19.3 Å². The minimum atomic E-state index is -0.522. The first-order valence-electron chi connectivity index (χ1n) is 8.20. The van der Waals surface area contributed by atoms with Gasteiger partial charge in [0, 0.05) is 36.5 Å². The van der Waals surface area contributed by atoms with Gasteiger partial charge in [-0.25, -0.2) is 4.79 Å². The molecule has 2 aromatic heterocycles. The van der Waals surface area contributed by atoms with Crippen LogP contribution >= 0.6 is 0 Å². The van der Waals surface area contributed by atoms with E-state index in [1.54, 1.807) is 13.3 Å². The Bertz CT molecular complexity index is 1060. The summed E-state index contributed by atoms with van der Waals surface area (Å²) >= 11 is 0. The van der Waals surface area contributed by atoms with Crippen LogP contribution in [0.25, 0.3) is 11.3 Å². The summed E-state index contributed by atoms with van der Waals surface area (Å²) < 4.78 is 6.08. The predicted octanol–water partition coefficient (Wildman–Crippen LogP) is 0.331. The normalized spacial score (nSPS) is 10.6. The molecule has 0 atom stereocenters. The van der Waals surface area contributed by atoms with Gasteiger partial charge < -0.3 is 15.0 Å². The fourth-order valence-corrected chi connectivity index (χ4v) is 2.62. The first-order valence-corrected chi connectivity index (χ1v) is 8.20. The topological polar surface area (TPSA) is 122 Å². The third-order valence-corrected chi connectivity index (χ3v) is 4.18. The van der Waals surface area contributed by atoms with E-state index in [2.05, 4.69) is 20.5 Å². The van der Waals surface area contributed by atoms with Crippen molar-refractivity contribution in [2.45, 2.75) is 13.0 Å². The summed E-state index contributed by atoms with van der Waals surface area (Å²) in [7, 11) is 2.96. The molecule has 0 aliphatic rings. The molecule has 9 heteroatoms.